The summed E-state index contributed by atoms with van der Waals surface area (Å²) in [7, 11) is 1.73. The van der Waals surface area contributed by atoms with Crippen molar-refractivity contribution in [1.82, 2.24) is 15.5 Å². The summed E-state index contributed by atoms with van der Waals surface area (Å²) in [6.07, 6.45) is -4.70. The molecule has 8 heteroatoms. The van der Waals surface area contributed by atoms with Crippen LogP contribution in [0.2, 0.25) is 0 Å². The number of ether oxygens (including phenoxy) is 1. The van der Waals surface area contributed by atoms with Crippen molar-refractivity contribution in [3.63, 3.8) is 0 Å². The van der Waals surface area contributed by atoms with E-state index in [0.717, 1.165) is 0 Å². The molecule has 19 heavy (non-hydrogen) atoms. The number of aromatic nitrogens is 2. The van der Waals surface area contributed by atoms with Gasteiger partial charge in [0.05, 0.1) is 6.54 Å². The summed E-state index contributed by atoms with van der Waals surface area (Å²) in [5.41, 5.74) is 0.518. The Labute approximate surface area is 106 Å². The van der Waals surface area contributed by atoms with Gasteiger partial charge in [-0.3, -0.25) is 0 Å². The zero-order valence-electron chi connectivity index (χ0n) is 9.86. The minimum absolute atomic E-state index is 0.240. The van der Waals surface area contributed by atoms with E-state index in [0.29, 0.717) is 18.0 Å². The molecular formula is C11H10F3N3O2. The Morgan fingerprint density at radius 2 is 1.89 bits per heavy atom. The van der Waals surface area contributed by atoms with Gasteiger partial charge in [-0.15, -0.1) is 23.4 Å². The lowest BCUT2D eigenvalue weighted by Crippen LogP contribution is -2.16. The van der Waals surface area contributed by atoms with Crippen molar-refractivity contribution in [2.45, 2.75) is 12.9 Å². The fourth-order valence-electron chi connectivity index (χ4n) is 1.39. The van der Waals surface area contributed by atoms with Gasteiger partial charge in [-0.1, -0.05) is 0 Å². The highest BCUT2D eigenvalue weighted by atomic mass is 19.4. The highest BCUT2D eigenvalue weighted by Crippen LogP contribution is 2.25. The van der Waals surface area contributed by atoms with Crippen LogP contribution in [-0.4, -0.2) is 23.6 Å². The number of hydrogen-bond acceptors (Lipinski definition) is 5. The number of alkyl halides is 3. The standard InChI is InChI=1S/C11H10F3N3O2/c1-15-6-9-16-17-10(18-9)7-2-4-8(5-3-7)19-11(12,13)14/h2-5,15H,6H2,1H3. The van der Waals surface area contributed by atoms with Crippen LogP contribution in [0.25, 0.3) is 11.5 Å². The molecule has 0 aliphatic rings. The average molecular weight is 273 g/mol. The summed E-state index contributed by atoms with van der Waals surface area (Å²) in [5, 5.41) is 10.4. The highest BCUT2D eigenvalue weighted by molar-refractivity contribution is 5.53. The lowest BCUT2D eigenvalue weighted by atomic mass is 10.2. The van der Waals surface area contributed by atoms with Crippen LogP contribution >= 0.6 is 0 Å². The van der Waals surface area contributed by atoms with Gasteiger partial charge in [0.25, 0.3) is 0 Å². The second-order valence-corrected chi connectivity index (χ2v) is 3.60. The van der Waals surface area contributed by atoms with Gasteiger partial charge in [0.15, 0.2) is 0 Å². The Bertz CT molecular complexity index is 537. The molecule has 0 saturated carbocycles. The molecule has 102 valence electrons. The molecule has 5 nitrogen and oxygen atoms in total. The highest BCUT2D eigenvalue weighted by Gasteiger charge is 2.31. The zero-order chi connectivity index (χ0) is 13.9. The molecule has 2 rings (SSSR count). The van der Waals surface area contributed by atoms with Crippen LogP contribution in [0.5, 0.6) is 5.75 Å². The van der Waals surface area contributed by atoms with Crippen LogP contribution < -0.4 is 10.1 Å². The van der Waals surface area contributed by atoms with Gasteiger partial charge in [-0.25, -0.2) is 0 Å². The van der Waals surface area contributed by atoms with Gasteiger partial charge < -0.3 is 14.5 Å². The van der Waals surface area contributed by atoms with Crippen molar-refractivity contribution in [2.75, 3.05) is 7.05 Å². The first-order chi connectivity index (χ1) is 8.98. The fraction of sp³-hybridized carbons (Fsp3) is 0.273. The molecule has 1 N–H and O–H groups in total. The van der Waals surface area contributed by atoms with E-state index in [-0.39, 0.29) is 11.6 Å². The molecule has 1 aromatic carbocycles. The van der Waals surface area contributed by atoms with E-state index in [1.165, 1.54) is 24.3 Å². The van der Waals surface area contributed by atoms with E-state index in [1.807, 2.05) is 0 Å². The molecule has 1 heterocycles. The maximum absolute atomic E-state index is 12.0. The van der Waals surface area contributed by atoms with E-state index in [9.17, 15) is 13.2 Å². The summed E-state index contributed by atoms with van der Waals surface area (Å²) in [6, 6.07) is 5.20. The third-order valence-corrected chi connectivity index (χ3v) is 2.13. The van der Waals surface area contributed by atoms with Crippen molar-refractivity contribution in [3.8, 4) is 17.2 Å². The van der Waals surface area contributed by atoms with Gasteiger partial charge in [-0.2, -0.15) is 0 Å². The first-order valence-electron chi connectivity index (χ1n) is 5.31. The third-order valence-electron chi connectivity index (χ3n) is 2.13. The quantitative estimate of drug-likeness (QED) is 0.926. The predicted molar refractivity (Wildman–Crippen MR) is 59.2 cm³/mol. The minimum Gasteiger partial charge on any atom is -0.419 e. The molecule has 0 bridgehead atoms. The molecule has 0 aliphatic carbocycles. The van der Waals surface area contributed by atoms with Crippen LogP contribution in [-0.2, 0) is 6.54 Å². The number of nitrogens with one attached hydrogen (secondary N) is 1. The maximum Gasteiger partial charge on any atom is 0.573 e. The zero-order valence-corrected chi connectivity index (χ0v) is 9.86. The molecule has 0 unspecified atom stereocenters. The summed E-state index contributed by atoms with van der Waals surface area (Å²) in [5.74, 6) is 0.336. The van der Waals surface area contributed by atoms with Crippen LogP contribution in [0, 0.1) is 0 Å². The topological polar surface area (TPSA) is 60.2 Å². The van der Waals surface area contributed by atoms with Crippen LogP contribution in [0.4, 0.5) is 13.2 Å². The molecule has 1 aromatic heterocycles. The molecule has 0 atom stereocenters. The number of hydrogen-bond donors (Lipinski definition) is 1. The lowest BCUT2D eigenvalue weighted by Gasteiger charge is -2.08. The molecule has 0 aliphatic heterocycles. The first kappa shape index (κ1) is 13.3. The van der Waals surface area contributed by atoms with Crippen molar-refractivity contribution in [3.05, 3.63) is 30.2 Å². The smallest absolute Gasteiger partial charge is 0.419 e. The minimum atomic E-state index is -4.70. The van der Waals surface area contributed by atoms with Crippen molar-refractivity contribution in [1.29, 1.82) is 0 Å². The van der Waals surface area contributed by atoms with E-state index in [4.69, 9.17) is 4.42 Å². The Morgan fingerprint density at radius 3 is 2.47 bits per heavy atom. The van der Waals surface area contributed by atoms with Crippen LogP contribution in [0.3, 0.4) is 0 Å². The van der Waals surface area contributed by atoms with Gasteiger partial charge in [0.1, 0.15) is 5.75 Å². The molecule has 0 amide bonds. The summed E-state index contributed by atoms with van der Waals surface area (Å²) >= 11 is 0. The Morgan fingerprint density at radius 1 is 1.21 bits per heavy atom. The van der Waals surface area contributed by atoms with Crippen LogP contribution in [0.1, 0.15) is 5.89 Å². The van der Waals surface area contributed by atoms with Gasteiger partial charge in [-0.05, 0) is 31.3 Å². The van der Waals surface area contributed by atoms with E-state index in [2.05, 4.69) is 20.3 Å². The average Bonchev–Trinajstić information content (AvgIpc) is 2.77. The summed E-state index contributed by atoms with van der Waals surface area (Å²) in [6.45, 7) is 0.419. The van der Waals surface area contributed by atoms with E-state index >= 15 is 0 Å². The molecular weight excluding hydrogens is 263 g/mol. The molecule has 0 spiro atoms. The third kappa shape index (κ3) is 3.68. The molecule has 0 radical (unpaired) electrons. The van der Waals surface area contributed by atoms with Gasteiger partial charge in [0, 0.05) is 5.56 Å². The van der Waals surface area contributed by atoms with Gasteiger partial charge in [0.2, 0.25) is 11.8 Å². The van der Waals surface area contributed by atoms with Gasteiger partial charge >= 0.3 is 6.36 Å². The van der Waals surface area contributed by atoms with Crippen molar-refractivity contribution < 1.29 is 22.3 Å². The second kappa shape index (κ2) is 5.27. The van der Waals surface area contributed by atoms with Crippen molar-refractivity contribution >= 4 is 0 Å². The molecule has 2 aromatic rings. The molecule has 0 fully saturated rings. The Kier molecular flexibility index (Phi) is 3.70. The monoisotopic (exact) mass is 273 g/mol. The normalized spacial score (nSPS) is 11.6. The Hall–Kier alpha value is -2.09. The number of halogens is 3. The second-order valence-electron chi connectivity index (χ2n) is 3.60. The largest absolute Gasteiger partial charge is 0.573 e. The number of nitrogens with zero attached hydrogens (tertiary/aromatic N) is 2. The maximum atomic E-state index is 12.0. The SMILES string of the molecule is CNCc1nnc(-c2ccc(OC(F)(F)F)cc2)o1. The fourth-order valence-corrected chi connectivity index (χ4v) is 1.39. The molecule has 0 saturated heterocycles. The first-order valence-corrected chi connectivity index (χ1v) is 5.31. The lowest BCUT2D eigenvalue weighted by molar-refractivity contribution is -0.274. The summed E-state index contributed by atoms with van der Waals surface area (Å²) < 4.78 is 45.0. The van der Waals surface area contributed by atoms with E-state index < -0.39 is 6.36 Å². The predicted octanol–water partition coefficient (Wildman–Crippen LogP) is 2.35. The number of benzene rings is 1. The van der Waals surface area contributed by atoms with E-state index in [1.54, 1.807) is 7.05 Å². The summed E-state index contributed by atoms with van der Waals surface area (Å²) in [4.78, 5) is 0. The van der Waals surface area contributed by atoms with Crippen molar-refractivity contribution in [2.24, 2.45) is 0 Å². The van der Waals surface area contributed by atoms with Crippen LogP contribution in [0.15, 0.2) is 28.7 Å². The number of rotatable bonds is 4. The Balaban J connectivity index is 2.13.